The van der Waals surface area contributed by atoms with Crippen molar-refractivity contribution in [2.75, 3.05) is 7.11 Å². The number of halogens is 1. The van der Waals surface area contributed by atoms with Crippen LogP contribution in [0.1, 0.15) is 22.3 Å². The van der Waals surface area contributed by atoms with Crippen LogP contribution in [0.5, 0.6) is 0 Å². The number of aryl methyl sites for hydroxylation is 1. The molecule has 0 aliphatic heterocycles. The van der Waals surface area contributed by atoms with Gasteiger partial charge in [0.05, 0.1) is 29.9 Å². The van der Waals surface area contributed by atoms with Gasteiger partial charge in [0.15, 0.2) is 0 Å². The number of benzene rings is 2. The Kier molecular flexibility index (Phi) is 6.20. The van der Waals surface area contributed by atoms with Crippen LogP contribution >= 0.6 is 15.9 Å². The van der Waals surface area contributed by atoms with E-state index in [1.807, 2.05) is 6.07 Å². The molecule has 3 aromatic rings. The molecule has 1 N–H and O–H groups in total. The molecule has 0 saturated heterocycles. The first-order chi connectivity index (χ1) is 13.5. The molecule has 0 spiro atoms. The zero-order valence-electron chi connectivity index (χ0n) is 15.1. The zero-order valence-corrected chi connectivity index (χ0v) is 16.7. The summed E-state index contributed by atoms with van der Waals surface area (Å²) in [6.07, 6.45) is 1.61. The van der Waals surface area contributed by atoms with Gasteiger partial charge in [-0.1, -0.05) is 28.1 Å². The maximum absolute atomic E-state index is 12.5. The summed E-state index contributed by atoms with van der Waals surface area (Å²) in [5.41, 5.74) is 1.74. The fourth-order valence-electron chi connectivity index (χ4n) is 2.68. The molecule has 2 aromatic carbocycles. The number of aromatic nitrogens is 2. The van der Waals surface area contributed by atoms with E-state index in [2.05, 4.69) is 31.0 Å². The van der Waals surface area contributed by atoms with Gasteiger partial charge >= 0.3 is 5.97 Å². The van der Waals surface area contributed by atoms with E-state index in [0.29, 0.717) is 23.0 Å². The average molecular weight is 444 g/mol. The van der Waals surface area contributed by atoms with Crippen LogP contribution in [0.4, 0.5) is 0 Å². The Balaban J connectivity index is 1.57. The molecule has 1 aromatic heterocycles. The second kappa shape index (κ2) is 8.79. The summed E-state index contributed by atoms with van der Waals surface area (Å²) in [5.74, 6) is -0.588. The maximum atomic E-state index is 12.5. The molecule has 0 atom stereocenters. The van der Waals surface area contributed by atoms with Crippen LogP contribution in [0.15, 0.2) is 58.1 Å². The van der Waals surface area contributed by atoms with Crippen molar-refractivity contribution in [2.24, 2.45) is 0 Å². The summed E-state index contributed by atoms with van der Waals surface area (Å²) in [6.45, 7) is 0.569. The molecule has 28 heavy (non-hydrogen) atoms. The Morgan fingerprint density at radius 3 is 2.64 bits per heavy atom. The molecule has 0 saturated carbocycles. The van der Waals surface area contributed by atoms with Gasteiger partial charge in [-0.3, -0.25) is 14.2 Å². The second-order valence-electron chi connectivity index (χ2n) is 6.12. The molecule has 0 bridgehead atoms. The first-order valence-corrected chi connectivity index (χ1v) is 9.36. The van der Waals surface area contributed by atoms with Crippen molar-refractivity contribution in [3.63, 3.8) is 0 Å². The number of fused-ring (bicyclic) bond motifs is 1. The highest BCUT2D eigenvalue weighted by Gasteiger charge is 2.08. The second-order valence-corrected chi connectivity index (χ2v) is 7.04. The van der Waals surface area contributed by atoms with Crippen LogP contribution in [-0.2, 0) is 22.6 Å². The number of hydrogen-bond donors (Lipinski definition) is 1. The normalized spacial score (nSPS) is 10.6. The summed E-state index contributed by atoms with van der Waals surface area (Å²) in [4.78, 5) is 40.3. The number of hydrogen-bond acceptors (Lipinski definition) is 5. The minimum Gasteiger partial charge on any atom is -0.465 e. The highest BCUT2D eigenvalue weighted by Crippen LogP contribution is 2.14. The summed E-state index contributed by atoms with van der Waals surface area (Å²) < 4.78 is 6.88. The molecular formula is C20H18BrN3O4. The SMILES string of the molecule is COC(=O)c1ccc(CNC(=O)CCn2cnc3ccc(Br)cc3c2=O)cc1. The summed E-state index contributed by atoms with van der Waals surface area (Å²) >= 11 is 3.35. The van der Waals surface area contributed by atoms with Crippen molar-refractivity contribution in [2.45, 2.75) is 19.5 Å². The van der Waals surface area contributed by atoms with Crippen LogP contribution in [0.2, 0.25) is 0 Å². The number of nitrogens with zero attached hydrogens (tertiary/aromatic N) is 2. The third kappa shape index (κ3) is 4.64. The Bertz CT molecular complexity index is 1080. The molecule has 0 aliphatic carbocycles. The fraction of sp³-hybridized carbons (Fsp3) is 0.200. The van der Waals surface area contributed by atoms with Crippen molar-refractivity contribution in [3.05, 3.63) is 74.7 Å². The Hall–Kier alpha value is -3.00. The maximum Gasteiger partial charge on any atom is 0.337 e. The molecule has 0 radical (unpaired) electrons. The van der Waals surface area contributed by atoms with Gasteiger partial charge in [0.25, 0.3) is 5.56 Å². The largest absolute Gasteiger partial charge is 0.465 e. The molecular weight excluding hydrogens is 426 g/mol. The third-order valence-electron chi connectivity index (χ3n) is 4.23. The number of ether oxygens (including phenoxy) is 1. The standard InChI is InChI=1S/C20H18BrN3O4/c1-28-20(27)14-4-2-13(3-5-14)11-22-18(25)8-9-24-12-23-17-7-6-15(21)10-16(17)19(24)26/h2-7,10,12H,8-9,11H2,1H3,(H,22,25). The average Bonchev–Trinajstić information content (AvgIpc) is 2.72. The summed E-state index contributed by atoms with van der Waals surface area (Å²) in [5, 5.41) is 3.30. The first kappa shape index (κ1) is 19.8. The molecule has 144 valence electrons. The lowest BCUT2D eigenvalue weighted by Gasteiger charge is -2.08. The molecule has 0 aliphatic rings. The van der Waals surface area contributed by atoms with Crippen LogP contribution in [0, 0.1) is 0 Å². The number of amides is 1. The van der Waals surface area contributed by atoms with Gasteiger partial charge in [0.2, 0.25) is 5.91 Å². The van der Waals surface area contributed by atoms with Crippen molar-refractivity contribution in [3.8, 4) is 0 Å². The number of nitrogens with one attached hydrogen (secondary N) is 1. The molecule has 8 heteroatoms. The minimum absolute atomic E-state index is 0.154. The fourth-order valence-corrected chi connectivity index (χ4v) is 3.04. The highest BCUT2D eigenvalue weighted by atomic mass is 79.9. The first-order valence-electron chi connectivity index (χ1n) is 8.56. The smallest absolute Gasteiger partial charge is 0.337 e. The lowest BCUT2D eigenvalue weighted by molar-refractivity contribution is -0.121. The van der Waals surface area contributed by atoms with E-state index in [0.717, 1.165) is 10.0 Å². The summed E-state index contributed by atoms with van der Waals surface area (Å²) in [6, 6.07) is 12.1. The Morgan fingerprint density at radius 1 is 1.18 bits per heavy atom. The van der Waals surface area contributed by atoms with E-state index in [1.54, 1.807) is 36.4 Å². The van der Waals surface area contributed by atoms with Crippen LogP contribution < -0.4 is 10.9 Å². The van der Waals surface area contributed by atoms with Gasteiger partial charge in [-0.05, 0) is 35.9 Å². The minimum atomic E-state index is -0.406. The molecule has 0 fully saturated rings. The van der Waals surface area contributed by atoms with Crippen molar-refractivity contribution >= 4 is 38.7 Å². The third-order valence-corrected chi connectivity index (χ3v) is 4.72. The Labute approximate surface area is 169 Å². The molecule has 1 heterocycles. The van der Waals surface area contributed by atoms with E-state index < -0.39 is 5.97 Å². The summed E-state index contributed by atoms with van der Waals surface area (Å²) in [7, 11) is 1.33. The number of carbonyl (C=O) groups excluding carboxylic acids is 2. The predicted octanol–water partition coefficient (Wildman–Crippen LogP) is 2.65. The van der Waals surface area contributed by atoms with Crippen molar-refractivity contribution in [1.82, 2.24) is 14.9 Å². The van der Waals surface area contributed by atoms with Crippen LogP contribution in [-0.4, -0.2) is 28.5 Å². The van der Waals surface area contributed by atoms with E-state index in [4.69, 9.17) is 0 Å². The van der Waals surface area contributed by atoms with Gasteiger partial charge in [-0.25, -0.2) is 9.78 Å². The predicted molar refractivity (Wildman–Crippen MR) is 108 cm³/mol. The van der Waals surface area contributed by atoms with E-state index in [-0.39, 0.29) is 24.4 Å². The van der Waals surface area contributed by atoms with Gasteiger partial charge < -0.3 is 10.1 Å². The van der Waals surface area contributed by atoms with Crippen LogP contribution in [0.3, 0.4) is 0 Å². The monoisotopic (exact) mass is 443 g/mol. The topological polar surface area (TPSA) is 90.3 Å². The van der Waals surface area contributed by atoms with E-state index in [9.17, 15) is 14.4 Å². The number of rotatable bonds is 6. The number of carbonyl (C=O) groups is 2. The van der Waals surface area contributed by atoms with Gasteiger partial charge in [-0.2, -0.15) is 0 Å². The van der Waals surface area contributed by atoms with E-state index >= 15 is 0 Å². The van der Waals surface area contributed by atoms with Crippen molar-refractivity contribution in [1.29, 1.82) is 0 Å². The van der Waals surface area contributed by atoms with Gasteiger partial charge in [0.1, 0.15) is 0 Å². The van der Waals surface area contributed by atoms with Gasteiger partial charge in [0, 0.05) is 24.0 Å². The lowest BCUT2D eigenvalue weighted by atomic mass is 10.1. The van der Waals surface area contributed by atoms with Gasteiger partial charge in [-0.15, -0.1) is 0 Å². The molecule has 7 nitrogen and oxygen atoms in total. The van der Waals surface area contributed by atoms with Crippen molar-refractivity contribution < 1.29 is 14.3 Å². The molecule has 3 rings (SSSR count). The molecule has 1 amide bonds. The van der Waals surface area contributed by atoms with E-state index in [1.165, 1.54) is 18.0 Å². The molecule has 0 unspecified atom stereocenters. The zero-order chi connectivity index (χ0) is 20.1. The van der Waals surface area contributed by atoms with Crippen LogP contribution in [0.25, 0.3) is 10.9 Å². The Morgan fingerprint density at radius 2 is 1.93 bits per heavy atom. The number of methoxy groups -OCH3 is 1. The lowest BCUT2D eigenvalue weighted by Crippen LogP contribution is -2.27. The highest BCUT2D eigenvalue weighted by molar-refractivity contribution is 9.10. The number of esters is 1. The quantitative estimate of drug-likeness (QED) is 0.591.